The summed E-state index contributed by atoms with van der Waals surface area (Å²) in [5.74, 6) is -0.234. The molecule has 4 heteroatoms. The van der Waals surface area contributed by atoms with E-state index in [9.17, 15) is 4.39 Å². The van der Waals surface area contributed by atoms with Gasteiger partial charge in [0, 0.05) is 5.56 Å². The van der Waals surface area contributed by atoms with E-state index in [4.69, 9.17) is 0 Å². The highest BCUT2D eigenvalue weighted by atomic mass is 19.1. The molecule has 0 aliphatic carbocycles. The summed E-state index contributed by atoms with van der Waals surface area (Å²) < 4.78 is 14.3. The lowest BCUT2D eigenvalue weighted by Gasteiger charge is -2.01. The van der Waals surface area contributed by atoms with E-state index in [1.807, 2.05) is 12.1 Å². The molecular formula is C12H8FN3. The summed E-state index contributed by atoms with van der Waals surface area (Å²) >= 11 is 0. The maximum atomic E-state index is 12.8. The van der Waals surface area contributed by atoms with Crippen LogP contribution in [0.15, 0.2) is 48.8 Å². The number of rotatable bonds is 1. The van der Waals surface area contributed by atoms with Crippen LogP contribution in [0.1, 0.15) is 0 Å². The second-order valence-electron chi connectivity index (χ2n) is 3.50. The molecule has 0 spiro atoms. The fraction of sp³-hybridized carbons (Fsp3) is 0. The van der Waals surface area contributed by atoms with Gasteiger partial charge in [-0.15, -0.1) is 0 Å². The van der Waals surface area contributed by atoms with Gasteiger partial charge in [-0.25, -0.2) is 4.39 Å². The molecule has 0 aliphatic heterocycles. The molecule has 3 aromatic rings. The zero-order chi connectivity index (χ0) is 11.0. The SMILES string of the molecule is Fc1ccc(-c2cnn3nccc3c2)cc1. The molecule has 3 rings (SSSR count). The Labute approximate surface area is 91.1 Å². The van der Waals surface area contributed by atoms with Crippen molar-refractivity contribution in [2.45, 2.75) is 0 Å². The van der Waals surface area contributed by atoms with Gasteiger partial charge in [0.25, 0.3) is 0 Å². The van der Waals surface area contributed by atoms with Crippen molar-refractivity contribution in [1.29, 1.82) is 0 Å². The number of hydrogen-bond donors (Lipinski definition) is 0. The van der Waals surface area contributed by atoms with Crippen LogP contribution in [0, 0.1) is 5.82 Å². The fourth-order valence-corrected chi connectivity index (χ4v) is 1.62. The Hall–Kier alpha value is -2.23. The Morgan fingerprint density at radius 2 is 1.75 bits per heavy atom. The summed E-state index contributed by atoms with van der Waals surface area (Å²) in [4.78, 5) is 0. The summed E-state index contributed by atoms with van der Waals surface area (Å²) in [5.41, 5.74) is 2.81. The zero-order valence-electron chi connectivity index (χ0n) is 8.34. The number of hydrogen-bond acceptors (Lipinski definition) is 2. The molecule has 0 saturated carbocycles. The van der Waals surface area contributed by atoms with Crippen molar-refractivity contribution in [3.05, 3.63) is 54.6 Å². The maximum Gasteiger partial charge on any atom is 0.123 e. The van der Waals surface area contributed by atoms with Crippen LogP contribution in [-0.2, 0) is 0 Å². The topological polar surface area (TPSA) is 30.2 Å². The molecular weight excluding hydrogens is 205 g/mol. The second kappa shape index (κ2) is 3.41. The molecule has 0 bridgehead atoms. The van der Waals surface area contributed by atoms with Gasteiger partial charge in [0.05, 0.1) is 17.9 Å². The molecule has 0 N–H and O–H groups in total. The molecule has 16 heavy (non-hydrogen) atoms. The minimum atomic E-state index is -0.234. The predicted molar refractivity (Wildman–Crippen MR) is 58.4 cm³/mol. The molecule has 2 aromatic heterocycles. The highest BCUT2D eigenvalue weighted by Gasteiger charge is 2.01. The van der Waals surface area contributed by atoms with E-state index < -0.39 is 0 Å². The van der Waals surface area contributed by atoms with Crippen molar-refractivity contribution in [3.8, 4) is 11.1 Å². The molecule has 2 heterocycles. The van der Waals surface area contributed by atoms with E-state index in [1.54, 1.807) is 29.2 Å². The highest BCUT2D eigenvalue weighted by molar-refractivity contribution is 5.67. The Kier molecular flexibility index (Phi) is 1.93. The molecule has 0 fully saturated rings. The first-order valence-electron chi connectivity index (χ1n) is 4.89. The second-order valence-corrected chi connectivity index (χ2v) is 3.50. The Morgan fingerprint density at radius 3 is 2.56 bits per heavy atom. The average Bonchev–Trinajstić information content (AvgIpc) is 2.77. The molecule has 0 amide bonds. The average molecular weight is 213 g/mol. The van der Waals surface area contributed by atoms with Gasteiger partial charge in [-0.3, -0.25) is 0 Å². The normalized spacial score (nSPS) is 10.8. The number of aromatic nitrogens is 3. The van der Waals surface area contributed by atoms with Crippen LogP contribution in [-0.4, -0.2) is 14.8 Å². The van der Waals surface area contributed by atoms with Gasteiger partial charge >= 0.3 is 0 Å². The quantitative estimate of drug-likeness (QED) is 0.621. The predicted octanol–water partition coefficient (Wildman–Crippen LogP) is 2.54. The van der Waals surface area contributed by atoms with Crippen LogP contribution in [0.5, 0.6) is 0 Å². The molecule has 3 nitrogen and oxygen atoms in total. The van der Waals surface area contributed by atoms with Crippen LogP contribution >= 0.6 is 0 Å². The van der Waals surface area contributed by atoms with E-state index in [2.05, 4.69) is 10.2 Å². The highest BCUT2D eigenvalue weighted by Crippen LogP contribution is 2.19. The molecule has 1 aromatic carbocycles. The van der Waals surface area contributed by atoms with Gasteiger partial charge in [-0.1, -0.05) is 12.1 Å². The standard InChI is InChI=1S/C12H8FN3/c13-11-3-1-9(2-4-11)10-7-12-5-6-14-16(12)15-8-10/h1-8H. The number of nitrogens with zero attached hydrogens (tertiary/aromatic N) is 3. The number of benzene rings is 1. The molecule has 0 aliphatic rings. The van der Waals surface area contributed by atoms with E-state index in [0.29, 0.717) is 0 Å². The van der Waals surface area contributed by atoms with Crippen molar-refractivity contribution < 1.29 is 4.39 Å². The van der Waals surface area contributed by atoms with Gasteiger partial charge in [0.1, 0.15) is 5.82 Å². The molecule has 78 valence electrons. The Morgan fingerprint density at radius 1 is 0.938 bits per heavy atom. The maximum absolute atomic E-state index is 12.8. The fourth-order valence-electron chi connectivity index (χ4n) is 1.62. The largest absolute Gasteiger partial charge is 0.207 e. The van der Waals surface area contributed by atoms with Crippen LogP contribution in [0.2, 0.25) is 0 Å². The summed E-state index contributed by atoms with van der Waals surface area (Å²) in [6.07, 6.45) is 3.41. The molecule has 0 atom stereocenters. The molecule has 0 unspecified atom stereocenters. The smallest absolute Gasteiger partial charge is 0.123 e. The van der Waals surface area contributed by atoms with Crippen molar-refractivity contribution in [1.82, 2.24) is 14.8 Å². The third kappa shape index (κ3) is 1.44. The van der Waals surface area contributed by atoms with Crippen LogP contribution in [0.4, 0.5) is 4.39 Å². The van der Waals surface area contributed by atoms with E-state index in [1.165, 1.54) is 12.1 Å². The Bertz CT molecular complexity index is 628. The van der Waals surface area contributed by atoms with Crippen molar-refractivity contribution in [2.75, 3.05) is 0 Å². The Balaban J connectivity index is 2.14. The lowest BCUT2D eigenvalue weighted by atomic mass is 10.1. The summed E-state index contributed by atoms with van der Waals surface area (Å²) in [6.45, 7) is 0. The van der Waals surface area contributed by atoms with Crippen LogP contribution in [0.25, 0.3) is 16.6 Å². The first-order valence-corrected chi connectivity index (χ1v) is 4.89. The number of halogens is 1. The minimum absolute atomic E-state index is 0.234. The van der Waals surface area contributed by atoms with Gasteiger partial charge in [0.15, 0.2) is 0 Å². The van der Waals surface area contributed by atoms with Crippen LogP contribution in [0.3, 0.4) is 0 Å². The summed E-state index contributed by atoms with van der Waals surface area (Å²) in [6, 6.07) is 10.2. The zero-order valence-corrected chi connectivity index (χ0v) is 8.34. The monoisotopic (exact) mass is 213 g/mol. The molecule has 0 saturated heterocycles. The first-order chi connectivity index (χ1) is 7.83. The van der Waals surface area contributed by atoms with Crippen molar-refractivity contribution in [3.63, 3.8) is 0 Å². The van der Waals surface area contributed by atoms with Gasteiger partial charge in [0.2, 0.25) is 0 Å². The first kappa shape index (κ1) is 9.03. The lowest BCUT2D eigenvalue weighted by Crippen LogP contribution is -1.92. The van der Waals surface area contributed by atoms with E-state index >= 15 is 0 Å². The van der Waals surface area contributed by atoms with Crippen LogP contribution < -0.4 is 0 Å². The number of fused-ring (bicyclic) bond motifs is 1. The van der Waals surface area contributed by atoms with Gasteiger partial charge < -0.3 is 0 Å². The summed E-state index contributed by atoms with van der Waals surface area (Å²) in [7, 11) is 0. The third-order valence-corrected chi connectivity index (χ3v) is 2.44. The third-order valence-electron chi connectivity index (χ3n) is 2.44. The van der Waals surface area contributed by atoms with Gasteiger partial charge in [-0.05, 0) is 29.8 Å². The lowest BCUT2D eigenvalue weighted by molar-refractivity contribution is 0.628. The van der Waals surface area contributed by atoms with Crippen molar-refractivity contribution >= 4 is 5.52 Å². The van der Waals surface area contributed by atoms with Crippen molar-refractivity contribution in [2.24, 2.45) is 0 Å². The van der Waals surface area contributed by atoms with Gasteiger partial charge in [-0.2, -0.15) is 14.8 Å². The molecule has 0 radical (unpaired) electrons. The minimum Gasteiger partial charge on any atom is -0.207 e. The van der Waals surface area contributed by atoms with E-state index in [0.717, 1.165) is 16.6 Å². The van der Waals surface area contributed by atoms with E-state index in [-0.39, 0.29) is 5.82 Å². The summed E-state index contributed by atoms with van der Waals surface area (Å²) in [5, 5.41) is 8.16.